The molecule has 0 radical (unpaired) electrons. The quantitative estimate of drug-likeness (QED) is 0.801. The van der Waals surface area contributed by atoms with Crippen molar-refractivity contribution >= 4 is 32.7 Å². The lowest BCUT2D eigenvalue weighted by Crippen LogP contribution is -2.37. The van der Waals surface area contributed by atoms with Crippen LogP contribution in [0.4, 0.5) is 0 Å². The molecule has 2 fully saturated rings. The molecule has 0 unspecified atom stereocenters. The van der Waals surface area contributed by atoms with Gasteiger partial charge in [-0.2, -0.15) is 4.99 Å². The lowest BCUT2D eigenvalue weighted by Gasteiger charge is -2.24. The van der Waals surface area contributed by atoms with Gasteiger partial charge in [0.25, 0.3) is 5.91 Å². The van der Waals surface area contributed by atoms with Crippen LogP contribution in [0.2, 0.25) is 0 Å². The molecule has 0 spiro atoms. The number of nitrogens with zero attached hydrogens (tertiary/aromatic N) is 2. The molecule has 0 aliphatic carbocycles. The Labute approximate surface area is 139 Å². The van der Waals surface area contributed by atoms with Crippen molar-refractivity contribution in [1.29, 1.82) is 0 Å². The first-order chi connectivity index (χ1) is 11.0. The van der Waals surface area contributed by atoms with Crippen LogP contribution in [0.3, 0.4) is 0 Å². The number of fused-ring (bicyclic) bond motifs is 1. The summed E-state index contributed by atoms with van der Waals surface area (Å²) in [6.45, 7) is 0.473. The van der Waals surface area contributed by atoms with Gasteiger partial charge in [0.15, 0.2) is 15.0 Å². The van der Waals surface area contributed by atoms with Gasteiger partial charge in [0.2, 0.25) is 0 Å². The number of benzene rings is 1. The molecule has 1 aromatic carbocycles. The molecule has 6 nitrogen and oxygen atoms in total. The summed E-state index contributed by atoms with van der Waals surface area (Å²) in [4.78, 5) is 17.8. The normalized spacial score (nSPS) is 27.3. The van der Waals surface area contributed by atoms with Gasteiger partial charge in [-0.15, -0.1) is 0 Å². The Kier molecular flexibility index (Phi) is 4.74. The molecule has 124 valence electrons. The molecule has 2 atom stereocenters. The molecule has 0 aromatic heterocycles. The van der Waals surface area contributed by atoms with E-state index >= 15 is 0 Å². The van der Waals surface area contributed by atoms with Crippen LogP contribution >= 0.6 is 11.8 Å². The number of thioether (sulfide) groups is 1. The lowest BCUT2D eigenvalue weighted by atomic mass is 10.1. The Morgan fingerprint density at radius 1 is 1.35 bits per heavy atom. The average molecular weight is 354 g/mol. The van der Waals surface area contributed by atoms with Gasteiger partial charge >= 0.3 is 0 Å². The van der Waals surface area contributed by atoms with Gasteiger partial charge in [0.1, 0.15) is 6.61 Å². The summed E-state index contributed by atoms with van der Waals surface area (Å²) in [6, 6.07) is 9.65. The van der Waals surface area contributed by atoms with Gasteiger partial charge in [-0.05, 0) is 5.56 Å². The zero-order valence-corrected chi connectivity index (χ0v) is 14.3. The number of hydrogen-bond donors (Lipinski definition) is 0. The van der Waals surface area contributed by atoms with E-state index in [0.717, 1.165) is 5.56 Å². The third kappa shape index (κ3) is 3.76. The minimum atomic E-state index is -3.02. The van der Waals surface area contributed by atoms with Gasteiger partial charge in [0.05, 0.1) is 17.5 Å². The summed E-state index contributed by atoms with van der Waals surface area (Å²) in [5.41, 5.74) is 1.06. The van der Waals surface area contributed by atoms with E-state index < -0.39 is 9.84 Å². The van der Waals surface area contributed by atoms with E-state index in [-0.39, 0.29) is 35.3 Å². The Morgan fingerprint density at radius 3 is 2.78 bits per heavy atom. The summed E-state index contributed by atoms with van der Waals surface area (Å²) in [7, 11) is -1.57. The molecule has 0 N–H and O–H groups in total. The van der Waals surface area contributed by atoms with Gasteiger partial charge in [0, 0.05) is 18.9 Å². The first kappa shape index (κ1) is 16.5. The highest BCUT2D eigenvalue weighted by atomic mass is 32.2. The van der Waals surface area contributed by atoms with Gasteiger partial charge in [-0.1, -0.05) is 42.1 Å². The molecule has 0 saturated carbocycles. The van der Waals surface area contributed by atoms with Crippen molar-refractivity contribution in [2.45, 2.75) is 17.8 Å². The maximum atomic E-state index is 11.9. The van der Waals surface area contributed by atoms with Crippen molar-refractivity contribution in [3.8, 4) is 0 Å². The monoisotopic (exact) mass is 354 g/mol. The van der Waals surface area contributed by atoms with Crippen LogP contribution in [0.25, 0.3) is 0 Å². The van der Waals surface area contributed by atoms with E-state index in [4.69, 9.17) is 4.74 Å². The van der Waals surface area contributed by atoms with Crippen molar-refractivity contribution in [1.82, 2.24) is 4.90 Å². The molecule has 1 aromatic rings. The molecule has 3 rings (SSSR count). The zero-order chi connectivity index (χ0) is 16.4. The topological polar surface area (TPSA) is 76.0 Å². The van der Waals surface area contributed by atoms with Crippen LogP contribution in [0.1, 0.15) is 5.56 Å². The fraction of sp³-hybridized carbons (Fsp3) is 0.467. The smallest absolute Gasteiger partial charge is 0.274 e. The second kappa shape index (κ2) is 6.62. The predicted molar refractivity (Wildman–Crippen MR) is 90.1 cm³/mol. The number of ether oxygens (including phenoxy) is 1. The summed E-state index contributed by atoms with van der Waals surface area (Å²) < 4.78 is 28.6. The van der Waals surface area contributed by atoms with E-state index in [1.54, 1.807) is 0 Å². The molecule has 2 aliphatic heterocycles. The number of hydrogen-bond acceptors (Lipinski definition) is 5. The second-order valence-electron chi connectivity index (χ2n) is 5.64. The third-order valence-corrected chi connectivity index (χ3v) is 7.11. The molecule has 23 heavy (non-hydrogen) atoms. The number of carbonyl (C=O) groups is 1. The highest BCUT2D eigenvalue weighted by molar-refractivity contribution is 8.15. The van der Waals surface area contributed by atoms with Crippen LogP contribution in [0.5, 0.6) is 0 Å². The van der Waals surface area contributed by atoms with E-state index in [1.807, 2.05) is 35.2 Å². The number of rotatable bonds is 4. The molecule has 8 heteroatoms. The number of amides is 1. The van der Waals surface area contributed by atoms with Crippen molar-refractivity contribution in [2.75, 3.05) is 25.2 Å². The fourth-order valence-electron chi connectivity index (χ4n) is 2.86. The van der Waals surface area contributed by atoms with Crippen molar-refractivity contribution in [3.63, 3.8) is 0 Å². The molecular weight excluding hydrogens is 336 g/mol. The first-order valence-electron chi connectivity index (χ1n) is 7.26. The van der Waals surface area contributed by atoms with Crippen molar-refractivity contribution in [2.24, 2.45) is 4.99 Å². The number of aliphatic imine (C=N–C) groups is 1. The average Bonchev–Trinajstić information content (AvgIpc) is 2.94. The summed E-state index contributed by atoms with van der Waals surface area (Å²) in [6.07, 6.45) is 0. The van der Waals surface area contributed by atoms with Crippen LogP contribution in [-0.2, 0) is 25.9 Å². The third-order valence-electron chi connectivity index (χ3n) is 3.86. The summed E-state index contributed by atoms with van der Waals surface area (Å²) >= 11 is 1.39. The van der Waals surface area contributed by atoms with Crippen LogP contribution in [-0.4, -0.2) is 60.9 Å². The molecule has 2 aliphatic rings. The van der Waals surface area contributed by atoms with Crippen molar-refractivity contribution < 1.29 is 17.9 Å². The molecule has 2 saturated heterocycles. The predicted octanol–water partition coefficient (Wildman–Crippen LogP) is 0.930. The van der Waals surface area contributed by atoms with Crippen LogP contribution in [0, 0.1) is 0 Å². The largest absolute Gasteiger partial charge is 0.375 e. The standard InChI is InChI=1S/C15H18N2O4S2/c1-21-8-14(18)16-15-17(7-11-5-3-2-4-6-11)12-9-23(19,20)10-13(12)22-15/h2-6,12-13H,7-10H2,1H3/t12-,13+/m0/s1. The SMILES string of the molecule is COCC(=O)N=C1S[C@@H]2CS(=O)(=O)C[C@@H]2N1Cc1ccccc1. The Balaban J connectivity index is 1.86. The van der Waals surface area contributed by atoms with Gasteiger partial charge < -0.3 is 9.64 Å². The van der Waals surface area contributed by atoms with Gasteiger partial charge in [-0.3, -0.25) is 4.79 Å². The van der Waals surface area contributed by atoms with Crippen LogP contribution < -0.4 is 0 Å². The Morgan fingerprint density at radius 2 is 2.09 bits per heavy atom. The second-order valence-corrected chi connectivity index (χ2v) is 9.00. The summed E-state index contributed by atoms with van der Waals surface area (Å²) in [5.74, 6) is -0.0870. The lowest BCUT2D eigenvalue weighted by molar-refractivity contribution is -0.121. The number of carbonyl (C=O) groups excluding carboxylic acids is 1. The van der Waals surface area contributed by atoms with E-state index in [2.05, 4.69) is 4.99 Å². The first-order valence-corrected chi connectivity index (χ1v) is 9.97. The minimum absolute atomic E-state index is 0.0576. The Bertz CT molecular complexity index is 718. The van der Waals surface area contributed by atoms with E-state index in [9.17, 15) is 13.2 Å². The zero-order valence-electron chi connectivity index (χ0n) is 12.7. The maximum Gasteiger partial charge on any atom is 0.274 e. The van der Waals surface area contributed by atoms with Gasteiger partial charge in [-0.25, -0.2) is 8.42 Å². The molecule has 0 bridgehead atoms. The number of amidine groups is 1. The maximum absolute atomic E-state index is 11.9. The number of sulfone groups is 1. The molecular formula is C15H18N2O4S2. The highest BCUT2D eigenvalue weighted by Crippen LogP contribution is 2.38. The van der Waals surface area contributed by atoms with E-state index in [0.29, 0.717) is 11.7 Å². The summed E-state index contributed by atoms with van der Waals surface area (Å²) in [5, 5.41) is 0.540. The Hall–Kier alpha value is -1.38. The highest BCUT2D eigenvalue weighted by Gasteiger charge is 2.48. The molecule has 1 amide bonds. The molecule has 2 heterocycles. The van der Waals surface area contributed by atoms with E-state index in [1.165, 1.54) is 18.9 Å². The fourth-order valence-corrected chi connectivity index (χ4v) is 6.83. The van der Waals surface area contributed by atoms with Crippen molar-refractivity contribution in [3.05, 3.63) is 35.9 Å². The minimum Gasteiger partial charge on any atom is -0.375 e. The van der Waals surface area contributed by atoms with Crippen LogP contribution in [0.15, 0.2) is 35.3 Å². The number of methoxy groups -OCH3 is 1.